The number of hydrogen-bond donors (Lipinski definition) is 0. The van der Waals surface area contributed by atoms with E-state index in [0.717, 1.165) is 0 Å². The smallest absolute Gasteiger partial charge is 0.258 e. The summed E-state index contributed by atoms with van der Waals surface area (Å²) in [6, 6.07) is 6.14. The van der Waals surface area contributed by atoms with E-state index in [1.807, 2.05) is 0 Å². The van der Waals surface area contributed by atoms with E-state index in [4.69, 9.17) is 36.7 Å². The first-order chi connectivity index (χ1) is 21.8. The summed E-state index contributed by atoms with van der Waals surface area (Å²) in [7, 11) is 2.83. The van der Waals surface area contributed by atoms with Crippen molar-refractivity contribution in [2.45, 2.75) is 13.5 Å². The van der Waals surface area contributed by atoms with Crippen LogP contribution in [0.5, 0.6) is 23.0 Å². The molecule has 240 valence electrons. The van der Waals surface area contributed by atoms with Crippen LogP contribution in [0.25, 0.3) is 21.9 Å². The van der Waals surface area contributed by atoms with E-state index in [1.165, 1.54) is 26.4 Å². The van der Waals surface area contributed by atoms with Crippen LogP contribution in [0.2, 0.25) is 0 Å². The molecule has 4 aromatic rings. The van der Waals surface area contributed by atoms with E-state index in [2.05, 4.69) is 0 Å². The van der Waals surface area contributed by atoms with Crippen molar-refractivity contribution in [3.8, 4) is 23.0 Å². The molecule has 4 heterocycles. The predicted molar refractivity (Wildman–Crippen MR) is 158 cm³/mol. The number of morpholine rings is 2. The molecule has 0 saturated carbocycles. The Bertz CT molecular complexity index is 1770. The van der Waals surface area contributed by atoms with Crippen LogP contribution in [0.3, 0.4) is 0 Å². The summed E-state index contributed by atoms with van der Waals surface area (Å²) in [6.07, 6.45) is 0. The third kappa shape index (κ3) is 6.03. The molecule has 14 nitrogen and oxygen atoms in total. The third-order valence-corrected chi connectivity index (χ3v) is 8.05. The van der Waals surface area contributed by atoms with Crippen LogP contribution >= 0.6 is 0 Å². The summed E-state index contributed by atoms with van der Waals surface area (Å²) < 4.78 is 67.6. The van der Waals surface area contributed by atoms with Crippen LogP contribution in [0.4, 0.5) is 0 Å². The molecule has 1 unspecified atom stereocenters. The van der Waals surface area contributed by atoms with Gasteiger partial charge in [0, 0.05) is 49.1 Å². The maximum atomic E-state index is 13.8. The van der Waals surface area contributed by atoms with Crippen molar-refractivity contribution in [3.05, 3.63) is 46.9 Å². The molecular formula is C30H31N2O12S-. The second kappa shape index (κ2) is 13.0. The minimum Gasteiger partial charge on any atom is -0.740 e. The lowest BCUT2D eigenvalue weighted by atomic mass is 10.1. The first-order valence-corrected chi connectivity index (χ1v) is 15.2. The number of hydrogen-bond acceptors (Lipinski definition) is 12. The molecule has 2 aliphatic heterocycles. The fourth-order valence-corrected chi connectivity index (χ4v) is 5.82. The number of methoxy groups -OCH3 is 2. The maximum absolute atomic E-state index is 13.8. The van der Waals surface area contributed by atoms with Crippen LogP contribution < -0.4 is 18.4 Å². The molecule has 1 atom stereocenters. The quantitative estimate of drug-likeness (QED) is 0.245. The molecule has 2 aromatic carbocycles. The number of rotatable bonds is 9. The fraction of sp³-hybridized carbons (Fsp3) is 0.400. The van der Waals surface area contributed by atoms with Gasteiger partial charge in [-0.05, 0) is 19.1 Å². The van der Waals surface area contributed by atoms with Gasteiger partial charge in [0.15, 0.2) is 28.8 Å². The highest BCUT2D eigenvalue weighted by Gasteiger charge is 2.30. The van der Waals surface area contributed by atoms with E-state index in [0.29, 0.717) is 86.0 Å². The molecule has 0 aliphatic carbocycles. The largest absolute Gasteiger partial charge is 0.740 e. The predicted octanol–water partition coefficient (Wildman–Crippen LogP) is 3.20. The molecule has 0 spiro atoms. The highest BCUT2D eigenvalue weighted by molar-refractivity contribution is 7.74. The molecule has 2 amide bonds. The van der Waals surface area contributed by atoms with Crippen molar-refractivity contribution in [2.75, 3.05) is 66.8 Å². The monoisotopic (exact) mass is 643 g/mol. The first kappa shape index (κ1) is 30.7. The Balaban J connectivity index is 1.39. The minimum atomic E-state index is -2.89. The number of aryl methyl sites for hydroxylation is 1. The number of carbonyl (C=O) groups is 2. The number of ether oxygens (including phenoxy) is 5. The van der Waals surface area contributed by atoms with Gasteiger partial charge in [0.05, 0.1) is 51.8 Å². The van der Waals surface area contributed by atoms with Crippen molar-refractivity contribution in [3.63, 3.8) is 0 Å². The molecule has 2 fully saturated rings. The fourth-order valence-electron chi connectivity index (χ4n) is 5.55. The van der Waals surface area contributed by atoms with Gasteiger partial charge in [-0.3, -0.25) is 9.59 Å². The average molecular weight is 644 g/mol. The van der Waals surface area contributed by atoms with Gasteiger partial charge in [-0.1, -0.05) is 0 Å². The van der Waals surface area contributed by atoms with Gasteiger partial charge in [-0.15, -0.1) is 0 Å². The van der Waals surface area contributed by atoms with E-state index in [9.17, 15) is 18.4 Å². The van der Waals surface area contributed by atoms with Crippen LogP contribution in [0.1, 0.15) is 32.2 Å². The summed E-state index contributed by atoms with van der Waals surface area (Å²) in [5.74, 6) is 0.736. The Kier molecular flexibility index (Phi) is 8.85. The Morgan fingerprint density at radius 2 is 1.29 bits per heavy atom. The van der Waals surface area contributed by atoms with Crippen molar-refractivity contribution in [2.24, 2.45) is 0 Å². The van der Waals surface area contributed by atoms with E-state index in [-0.39, 0.29) is 52.6 Å². The summed E-state index contributed by atoms with van der Waals surface area (Å²) in [6.45, 7) is 4.84. The number of nitrogens with zero attached hydrogens (tertiary/aromatic N) is 2. The van der Waals surface area contributed by atoms with Gasteiger partial charge < -0.3 is 51.1 Å². The Labute approximate surface area is 260 Å². The zero-order valence-electron chi connectivity index (χ0n) is 24.9. The molecular weight excluding hydrogens is 612 g/mol. The Hall–Kier alpha value is -4.31. The highest BCUT2D eigenvalue weighted by atomic mass is 32.2. The molecule has 2 aliphatic rings. The van der Waals surface area contributed by atoms with Crippen molar-refractivity contribution < 1.29 is 55.1 Å². The summed E-state index contributed by atoms with van der Waals surface area (Å²) >= 11 is -2.89. The van der Waals surface area contributed by atoms with Crippen molar-refractivity contribution >= 4 is 45.1 Å². The number of benzene rings is 2. The number of carbonyl (C=O) groups excluding carboxylic acids is 2. The van der Waals surface area contributed by atoms with Crippen molar-refractivity contribution in [1.82, 2.24) is 9.80 Å². The lowest BCUT2D eigenvalue weighted by Crippen LogP contribution is -2.41. The van der Waals surface area contributed by atoms with Gasteiger partial charge in [-0.25, -0.2) is 4.21 Å². The third-order valence-electron chi connectivity index (χ3n) is 7.74. The molecule has 15 heteroatoms. The normalized spacial score (nSPS) is 16.2. The van der Waals surface area contributed by atoms with Gasteiger partial charge in [-0.2, -0.15) is 0 Å². The molecule has 6 rings (SSSR count). The number of fused-ring (bicyclic) bond motifs is 2. The average Bonchev–Trinajstić information content (AvgIpc) is 3.57. The number of furan rings is 2. The minimum absolute atomic E-state index is 0.0956. The van der Waals surface area contributed by atoms with Gasteiger partial charge in [0.25, 0.3) is 11.8 Å². The second-order valence-electron chi connectivity index (χ2n) is 10.3. The zero-order chi connectivity index (χ0) is 31.7. The Morgan fingerprint density at radius 1 is 0.778 bits per heavy atom. The molecule has 2 saturated heterocycles. The maximum Gasteiger partial charge on any atom is 0.258 e. The van der Waals surface area contributed by atoms with Crippen LogP contribution in [-0.2, 0) is 27.4 Å². The summed E-state index contributed by atoms with van der Waals surface area (Å²) in [5, 5.41) is 0.865. The van der Waals surface area contributed by atoms with Crippen LogP contribution in [-0.4, -0.2) is 97.2 Å². The molecule has 45 heavy (non-hydrogen) atoms. The summed E-state index contributed by atoms with van der Waals surface area (Å²) in [4.78, 5) is 30.7. The lowest BCUT2D eigenvalue weighted by Gasteiger charge is -2.27. The standard InChI is InChI=1S/C30H32N2O12S/c1-17-27(29(33)31-4-8-39-9-5-31)18-12-24(22(37-2)14-20(18)42-17)41-16-26-28(30(34)32-6-10-40-11-7-32)19-13-25(44-45(35)36)23(38-3)15-21(19)43-26/h12-15H,4-11,16H2,1-3H3,(H,35,36)/p-1. The number of amides is 2. The van der Waals surface area contributed by atoms with Crippen LogP contribution in [0.15, 0.2) is 33.1 Å². The van der Waals surface area contributed by atoms with Crippen LogP contribution in [0, 0.1) is 6.92 Å². The molecule has 2 aromatic heterocycles. The Morgan fingerprint density at radius 3 is 1.87 bits per heavy atom. The first-order valence-electron chi connectivity index (χ1n) is 14.2. The van der Waals surface area contributed by atoms with Crippen molar-refractivity contribution in [1.29, 1.82) is 0 Å². The van der Waals surface area contributed by atoms with E-state index < -0.39 is 11.4 Å². The van der Waals surface area contributed by atoms with E-state index in [1.54, 1.807) is 28.9 Å². The molecule has 0 radical (unpaired) electrons. The summed E-state index contributed by atoms with van der Waals surface area (Å²) in [5.41, 5.74) is 1.31. The highest BCUT2D eigenvalue weighted by Crippen LogP contribution is 2.40. The lowest BCUT2D eigenvalue weighted by molar-refractivity contribution is 0.0300. The molecule has 0 bridgehead atoms. The SMILES string of the molecule is COc1cc2oc(C)c(C(=O)N3CCOCC3)c2cc1OCc1oc2cc(OC)c(OS(=O)[O-])cc2c1C(=O)N1CCOCC1. The molecule has 0 N–H and O–H groups in total. The van der Waals surface area contributed by atoms with Gasteiger partial charge in [0.1, 0.15) is 34.9 Å². The van der Waals surface area contributed by atoms with E-state index >= 15 is 0 Å². The van der Waals surface area contributed by atoms with Gasteiger partial charge in [0.2, 0.25) is 0 Å². The topological polar surface area (TPSA) is 162 Å². The zero-order valence-corrected chi connectivity index (χ0v) is 25.7. The second-order valence-corrected chi connectivity index (χ2v) is 10.9. The van der Waals surface area contributed by atoms with Gasteiger partial charge >= 0.3 is 0 Å².